The van der Waals surface area contributed by atoms with Crippen molar-refractivity contribution in [3.05, 3.63) is 47.2 Å². The summed E-state index contributed by atoms with van der Waals surface area (Å²) in [6.07, 6.45) is 3.79. The van der Waals surface area contributed by atoms with Crippen LogP contribution in [0.3, 0.4) is 0 Å². The summed E-state index contributed by atoms with van der Waals surface area (Å²) in [5.41, 5.74) is 2.21. The van der Waals surface area contributed by atoms with Crippen molar-refractivity contribution in [2.75, 3.05) is 13.6 Å². The van der Waals surface area contributed by atoms with E-state index in [9.17, 15) is 0 Å². The molecule has 0 fully saturated rings. The number of guanidine groups is 1. The van der Waals surface area contributed by atoms with E-state index in [2.05, 4.69) is 43.9 Å². The van der Waals surface area contributed by atoms with E-state index in [4.69, 9.17) is 0 Å². The predicted molar refractivity (Wildman–Crippen MR) is 99.4 cm³/mol. The summed E-state index contributed by atoms with van der Waals surface area (Å²) in [4.78, 5) is 8.91. The van der Waals surface area contributed by atoms with E-state index < -0.39 is 0 Å². The molecule has 2 N–H and O–H groups in total. The van der Waals surface area contributed by atoms with E-state index in [0.717, 1.165) is 36.6 Å². The first-order valence-corrected chi connectivity index (χ1v) is 8.84. The number of para-hydroxylation sites is 1. The van der Waals surface area contributed by atoms with Crippen LogP contribution in [0.2, 0.25) is 0 Å². The normalized spacial score (nSPS) is 11.8. The lowest BCUT2D eigenvalue weighted by Crippen LogP contribution is -2.37. The maximum absolute atomic E-state index is 4.66. The van der Waals surface area contributed by atoms with Crippen molar-refractivity contribution in [3.63, 3.8) is 0 Å². The Morgan fingerprint density at radius 3 is 2.88 bits per heavy atom. The molecule has 6 nitrogen and oxygen atoms in total. The summed E-state index contributed by atoms with van der Waals surface area (Å²) in [5, 5.41) is 12.0. The van der Waals surface area contributed by atoms with Gasteiger partial charge >= 0.3 is 0 Å². The molecule has 0 aliphatic carbocycles. The van der Waals surface area contributed by atoms with Crippen LogP contribution >= 0.6 is 11.3 Å². The van der Waals surface area contributed by atoms with Crippen LogP contribution in [-0.2, 0) is 20.0 Å². The van der Waals surface area contributed by atoms with Gasteiger partial charge in [0.15, 0.2) is 5.96 Å². The fraction of sp³-hybridized carbons (Fsp3) is 0.353. The number of benzene rings is 1. The SMILES string of the molecule is CN=C(NCCCc1nc2ccccc2s1)NCc1ccnn1C. The predicted octanol–water partition coefficient (Wildman–Crippen LogP) is 2.33. The lowest BCUT2D eigenvalue weighted by atomic mass is 10.3. The highest BCUT2D eigenvalue weighted by atomic mass is 32.1. The van der Waals surface area contributed by atoms with E-state index in [-0.39, 0.29) is 0 Å². The third-order valence-corrected chi connectivity index (χ3v) is 4.88. The van der Waals surface area contributed by atoms with E-state index in [1.54, 1.807) is 24.6 Å². The fourth-order valence-corrected chi connectivity index (χ4v) is 3.45. The molecule has 0 radical (unpaired) electrons. The van der Waals surface area contributed by atoms with Gasteiger partial charge in [-0.2, -0.15) is 5.10 Å². The first kappa shape index (κ1) is 16.4. The topological polar surface area (TPSA) is 67.1 Å². The van der Waals surface area contributed by atoms with Crippen LogP contribution in [0.4, 0.5) is 0 Å². The van der Waals surface area contributed by atoms with Crippen LogP contribution in [0, 0.1) is 0 Å². The van der Waals surface area contributed by atoms with Crippen molar-refractivity contribution < 1.29 is 0 Å². The lowest BCUT2D eigenvalue weighted by Gasteiger charge is -2.11. The van der Waals surface area contributed by atoms with Gasteiger partial charge in [-0.3, -0.25) is 9.67 Å². The van der Waals surface area contributed by atoms with Crippen LogP contribution in [0.15, 0.2) is 41.5 Å². The van der Waals surface area contributed by atoms with Gasteiger partial charge in [0.2, 0.25) is 0 Å². The molecular formula is C17H22N6S. The molecule has 1 aromatic carbocycles. The fourth-order valence-electron chi connectivity index (χ4n) is 2.44. The molecule has 0 amide bonds. The zero-order chi connectivity index (χ0) is 16.8. The maximum atomic E-state index is 4.66. The molecule has 3 rings (SSSR count). The van der Waals surface area contributed by atoms with E-state index in [0.29, 0.717) is 6.54 Å². The van der Waals surface area contributed by atoms with Crippen molar-refractivity contribution in [2.24, 2.45) is 12.0 Å². The molecule has 0 spiro atoms. The second-order valence-corrected chi connectivity index (χ2v) is 6.59. The van der Waals surface area contributed by atoms with Gasteiger partial charge < -0.3 is 10.6 Å². The zero-order valence-electron chi connectivity index (χ0n) is 14.0. The summed E-state index contributed by atoms with van der Waals surface area (Å²) in [7, 11) is 3.72. The highest BCUT2D eigenvalue weighted by Gasteiger charge is 2.04. The van der Waals surface area contributed by atoms with Crippen LogP contribution < -0.4 is 10.6 Å². The molecule has 2 aromatic heterocycles. The molecule has 0 unspecified atom stereocenters. The zero-order valence-corrected chi connectivity index (χ0v) is 14.8. The molecule has 2 heterocycles. The Morgan fingerprint density at radius 1 is 1.25 bits per heavy atom. The number of fused-ring (bicyclic) bond motifs is 1. The van der Waals surface area contributed by atoms with Gasteiger partial charge in [-0.1, -0.05) is 12.1 Å². The highest BCUT2D eigenvalue weighted by molar-refractivity contribution is 7.18. The number of rotatable bonds is 6. The summed E-state index contributed by atoms with van der Waals surface area (Å²) >= 11 is 1.78. The Morgan fingerprint density at radius 2 is 2.12 bits per heavy atom. The number of aryl methyl sites for hydroxylation is 2. The van der Waals surface area contributed by atoms with Gasteiger partial charge in [-0.25, -0.2) is 4.98 Å². The van der Waals surface area contributed by atoms with Crippen molar-refractivity contribution in [1.82, 2.24) is 25.4 Å². The molecule has 0 aliphatic rings. The maximum Gasteiger partial charge on any atom is 0.191 e. The number of hydrogen-bond donors (Lipinski definition) is 2. The molecule has 0 saturated heterocycles. The monoisotopic (exact) mass is 342 g/mol. The van der Waals surface area contributed by atoms with Crippen molar-refractivity contribution >= 4 is 27.5 Å². The molecule has 24 heavy (non-hydrogen) atoms. The van der Waals surface area contributed by atoms with Gasteiger partial charge in [-0.05, 0) is 24.6 Å². The largest absolute Gasteiger partial charge is 0.356 e. The van der Waals surface area contributed by atoms with Gasteiger partial charge in [0.25, 0.3) is 0 Å². The first-order chi connectivity index (χ1) is 11.8. The third kappa shape index (κ3) is 4.11. The van der Waals surface area contributed by atoms with Crippen molar-refractivity contribution in [1.29, 1.82) is 0 Å². The Balaban J connectivity index is 1.42. The van der Waals surface area contributed by atoms with Crippen LogP contribution in [0.5, 0.6) is 0 Å². The molecule has 0 bridgehead atoms. The molecule has 0 saturated carbocycles. The molecular weight excluding hydrogens is 320 g/mol. The number of nitrogens with zero attached hydrogens (tertiary/aromatic N) is 4. The lowest BCUT2D eigenvalue weighted by molar-refractivity contribution is 0.679. The second kappa shape index (κ2) is 7.92. The van der Waals surface area contributed by atoms with E-state index >= 15 is 0 Å². The Kier molecular flexibility index (Phi) is 5.43. The third-order valence-electron chi connectivity index (χ3n) is 3.78. The number of nitrogens with one attached hydrogen (secondary N) is 2. The Bertz CT molecular complexity index is 786. The Labute approximate surface area is 145 Å². The molecule has 0 aliphatic heterocycles. The van der Waals surface area contributed by atoms with Gasteiger partial charge in [0, 0.05) is 33.3 Å². The highest BCUT2D eigenvalue weighted by Crippen LogP contribution is 2.22. The van der Waals surface area contributed by atoms with E-state index in [1.807, 2.05) is 23.9 Å². The van der Waals surface area contributed by atoms with Crippen molar-refractivity contribution in [3.8, 4) is 0 Å². The van der Waals surface area contributed by atoms with Gasteiger partial charge in [-0.15, -0.1) is 11.3 Å². The standard InChI is InChI=1S/C17H22N6S/c1-18-17(20-12-13-9-11-21-23(13)2)19-10-5-8-16-22-14-6-3-4-7-15(14)24-16/h3-4,6-7,9,11H,5,8,10,12H2,1-2H3,(H2,18,19,20). The van der Waals surface area contributed by atoms with Crippen LogP contribution in [0.1, 0.15) is 17.1 Å². The molecule has 126 valence electrons. The average molecular weight is 342 g/mol. The van der Waals surface area contributed by atoms with Crippen LogP contribution in [-0.4, -0.2) is 34.3 Å². The quantitative estimate of drug-likeness (QED) is 0.410. The minimum Gasteiger partial charge on any atom is -0.356 e. The van der Waals surface area contributed by atoms with Gasteiger partial charge in [0.05, 0.1) is 27.5 Å². The summed E-state index contributed by atoms with van der Waals surface area (Å²) in [6, 6.07) is 10.3. The minimum atomic E-state index is 0.702. The number of thiazole rings is 1. The summed E-state index contributed by atoms with van der Waals surface area (Å²) < 4.78 is 3.11. The number of aromatic nitrogens is 3. The minimum absolute atomic E-state index is 0.702. The average Bonchev–Trinajstić information content (AvgIpc) is 3.19. The molecule has 7 heteroatoms. The Hall–Kier alpha value is -2.41. The number of hydrogen-bond acceptors (Lipinski definition) is 4. The molecule has 3 aromatic rings. The van der Waals surface area contributed by atoms with Gasteiger partial charge in [0.1, 0.15) is 0 Å². The molecule has 0 atom stereocenters. The summed E-state index contributed by atoms with van der Waals surface area (Å²) in [5.74, 6) is 0.806. The second-order valence-electron chi connectivity index (χ2n) is 5.48. The van der Waals surface area contributed by atoms with Crippen LogP contribution in [0.25, 0.3) is 10.2 Å². The van der Waals surface area contributed by atoms with E-state index in [1.165, 1.54) is 9.71 Å². The first-order valence-electron chi connectivity index (χ1n) is 8.02. The van der Waals surface area contributed by atoms with Crippen molar-refractivity contribution in [2.45, 2.75) is 19.4 Å². The smallest absolute Gasteiger partial charge is 0.191 e. The summed E-state index contributed by atoms with van der Waals surface area (Å²) in [6.45, 7) is 1.56. The number of aliphatic imine (C=N–C) groups is 1.